The zero-order chi connectivity index (χ0) is 24.1. The lowest BCUT2D eigenvalue weighted by Gasteiger charge is -2.27. The van der Waals surface area contributed by atoms with Crippen molar-refractivity contribution in [3.8, 4) is 0 Å². The Morgan fingerprint density at radius 3 is 1.68 bits per heavy atom. The number of aromatic amines is 1. The van der Waals surface area contributed by atoms with Crippen molar-refractivity contribution in [1.82, 2.24) is 9.78 Å². The molecule has 0 spiro atoms. The van der Waals surface area contributed by atoms with E-state index in [4.69, 9.17) is 4.74 Å². The highest BCUT2D eigenvalue weighted by atomic mass is 31.2. The molecule has 0 fully saturated rings. The molecular formula is C27H26N2O4P+. The molecule has 1 N–H and O–H groups in total. The van der Waals surface area contributed by atoms with Gasteiger partial charge in [0.1, 0.15) is 34.9 Å². The Kier molecular flexibility index (Phi) is 6.90. The third-order valence-corrected chi connectivity index (χ3v) is 10.2. The number of aromatic nitrogens is 2. The summed E-state index contributed by atoms with van der Waals surface area (Å²) in [6, 6.07) is 30.0. The minimum absolute atomic E-state index is 0.0140. The van der Waals surface area contributed by atoms with Crippen LogP contribution in [0.5, 0.6) is 0 Å². The molecule has 7 heteroatoms. The first kappa shape index (κ1) is 23.4. The SMILES string of the molecule is COC(=O)Cc1[nH]n(C)c(=O)c1C(=O)C[P+](c1ccccc1)(c1ccccc1)c1ccccc1. The maximum atomic E-state index is 13.9. The minimum atomic E-state index is -2.47. The number of aryl methyl sites for hydroxylation is 1. The number of carbonyl (C=O) groups excluding carboxylic acids is 2. The van der Waals surface area contributed by atoms with Gasteiger partial charge in [0.05, 0.1) is 19.2 Å². The van der Waals surface area contributed by atoms with Gasteiger partial charge in [0, 0.05) is 7.05 Å². The molecule has 34 heavy (non-hydrogen) atoms. The number of ketones is 1. The van der Waals surface area contributed by atoms with E-state index in [1.807, 2.05) is 91.0 Å². The van der Waals surface area contributed by atoms with Crippen molar-refractivity contribution < 1.29 is 14.3 Å². The first-order chi connectivity index (χ1) is 16.5. The fourth-order valence-corrected chi connectivity index (χ4v) is 8.38. The monoisotopic (exact) mass is 473 g/mol. The number of Topliss-reactive ketones (excluding diaryl/α,β-unsaturated/α-hetero) is 1. The predicted molar refractivity (Wildman–Crippen MR) is 136 cm³/mol. The third-order valence-electron chi connectivity index (χ3n) is 5.92. The van der Waals surface area contributed by atoms with Crippen molar-refractivity contribution in [2.45, 2.75) is 6.42 Å². The molecule has 0 aliphatic heterocycles. The number of methoxy groups -OCH3 is 1. The van der Waals surface area contributed by atoms with Gasteiger partial charge in [0.2, 0.25) is 5.78 Å². The summed E-state index contributed by atoms with van der Waals surface area (Å²) in [6.07, 6.45) is -0.0621. The number of carbonyl (C=O) groups is 2. The highest BCUT2D eigenvalue weighted by molar-refractivity contribution is 7.96. The molecule has 4 aromatic rings. The zero-order valence-corrected chi connectivity index (χ0v) is 20.0. The van der Waals surface area contributed by atoms with Gasteiger partial charge >= 0.3 is 5.97 Å². The van der Waals surface area contributed by atoms with Gasteiger partial charge < -0.3 is 4.74 Å². The van der Waals surface area contributed by atoms with Crippen molar-refractivity contribution in [3.63, 3.8) is 0 Å². The highest BCUT2D eigenvalue weighted by Crippen LogP contribution is 2.55. The number of ether oxygens (including phenoxy) is 1. The molecule has 4 rings (SSSR count). The van der Waals surface area contributed by atoms with Gasteiger partial charge in [0.15, 0.2) is 0 Å². The molecule has 0 atom stereocenters. The van der Waals surface area contributed by atoms with Crippen LogP contribution in [0.1, 0.15) is 16.1 Å². The maximum Gasteiger partial charge on any atom is 0.311 e. The summed E-state index contributed by atoms with van der Waals surface area (Å²) in [5.74, 6) is -0.822. The van der Waals surface area contributed by atoms with Gasteiger partial charge in [-0.25, -0.2) is 0 Å². The Balaban J connectivity index is 1.93. The molecule has 0 bridgehead atoms. The third kappa shape index (κ3) is 4.37. The quantitative estimate of drug-likeness (QED) is 0.242. The molecule has 172 valence electrons. The number of hydrogen-bond acceptors (Lipinski definition) is 4. The molecule has 0 amide bonds. The van der Waals surface area contributed by atoms with Crippen molar-refractivity contribution in [2.24, 2.45) is 7.05 Å². The lowest BCUT2D eigenvalue weighted by Crippen LogP contribution is -2.37. The molecule has 0 saturated carbocycles. The van der Waals surface area contributed by atoms with Gasteiger partial charge in [-0.1, -0.05) is 54.6 Å². The molecule has 0 saturated heterocycles. The fourth-order valence-electron chi connectivity index (χ4n) is 4.30. The van der Waals surface area contributed by atoms with Crippen LogP contribution < -0.4 is 21.5 Å². The van der Waals surface area contributed by atoms with Crippen LogP contribution in [0.3, 0.4) is 0 Å². The topological polar surface area (TPSA) is 81.2 Å². The summed E-state index contributed by atoms with van der Waals surface area (Å²) >= 11 is 0. The summed E-state index contributed by atoms with van der Waals surface area (Å²) in [5.41, 5.74) is -0.159. The summed E-state index contributed by atoms with van der Waals surface area (Å²) in [6.45, 7) is 0. The number of nitrogens with zero attached hydrogens (tertiary/aromatic N) is 1. The average Bonchev–Trinajstić information content (AvgIpc) is 3.16. The smallest absolute Gasteiger partial charge is 0.311 e. The molecule has 0 unspecified atom stereocenters. The van der Waals surface area contributed by atoms with E-state index in [1.54, 1.807) is 0 Å². The Morgan fingerprint density at radius 2 is 1.26 bits per heavy atom. The number of hydrogen-bond donors (Lipinski definition) is 1. The van der Waals surface area contributed by atoms with Crippen LogP contribution in [0.2, 0.25) is 0 Å². The number of benzene rings is 3. The molecular weight excluding hydrogens is 447 g/mol. The second-order valence-electron chi connectivity index (χ2n) is 7.98. The van der Waals surface area contributed by atoms with Crippen LogP contribution >= 0.6 is 7.26 Å². The first-order valence-corrected chi connectivity index (χ1v) is 12.9. The fraction of sp³-hybridized carbons (Fsp3) is 0.148. The van der Waals surface area contributed by atoms with Gasteiger partial charge in [-0.3, -0.25) is 24.2 Å². The molecule has 1 aromatic heterocycles. The largest absolute Gasteiger partial charge is 0.469 e. The van der Waals surface area contributed by atoms with Crippen molar-refractivity contribution in [2.75, 3.05) is 13.3 Å². The highest BCUT2D eigenvalue weighted by Gasteiger charge is 2.48. The number of H-pyrrole nitrogens is 1. The maximum absolute atomic E-state index is 13.9. The molecule has 1 heterocycles. The summed E-state index contributed by atoms with van der Waals surface area (Å²) in [5, 5.41) is 5.99. The molecule has 0 aliphatic rings. The van der Waals surface area contributed by atoms with E-state index in [0.29, 0.717) is 0 Å². The zero-order valence-electron chi connectivity index (χ0n) is 19.1. The van der Waals surface area contributed by atoms with Crippen molar-refractivity contribution in [1.29, 1.82) is 0 Å². The molecule has 6 nitrogen and oxygen atoms in total. The second kappa shape index (κ2) is 10.0. The second-order valence-corrected chi connectivity index (χ2v) is 11.5. The normalized spacial score (nSPS) is 11.2. The van der Waals surface area contributed by atoms with Crippen molar-refractivity contribution >= 4 is 34.9 Å². The predicted octanol–water partition coefficient (Wildman–Crippen LogP) is 2.61. The van der Waals surface area contributed by atoms with Crippen LogP contribution in [0, 0.1) is 0 Å². The molecule has 3 aromatic carbocycles. The Labute approximate surface area is 198 Å². The van der Waals surface area contributed by atoms with Crippen LogP contribution in [-0.2, 0) is 23.0 Å². The summed E-state index contributed by atoms with van der Waals surface area (Å²) in [4.78, 5) is 38.9. The van der Waals surface area contributed by atoms with Gasteiger partial charge in [0.25, 0.3) is 5.56 Å². The Bertz CT molecular complexity index is 1250. The lowest BCUT2D eigenvalue weighted by molar-refractivity contribution is -0.139. The molecule has 0 radical (unpaired) electrons. The van der Waals surface area contributed by atoms with E-state index in [-0.39, 0.29) is 29.6 Å². The van der Waals surface area contributed by atoms with E-state index < -0.39 is 18.8 Å². The number of esters is 1. The molecule has 0 aliphatic carbocycles. The average molecular weight is 473 g/mol. The van der Waals surface area contributed by atoms with Crippen LogP contribution in [0.25, 0.3) is 0 Å². The Morgan fingerprint density at radius 1 is 0.824 bits per heavy atom. The van der Waals surface area contributed by atoms with E-state index in [9.17, 15) is 14.4 Å². The first-order valence-electron chi connectivity index (χ1n) is 10.9. The van der Waals surface area contributed by atoms with E-state index in [1.165, 1.54) is 18.8 Å². The lowest BCUT2D eigenvalue weighted by atomic mass is 10.1. The summed E-state index contributed by atoms with van der Waals surface area (Å²) < 4.78 is 6.01. The van der Waals surface area contributed by atoms with Crippen molar-refractivity contribution in [3.05, 3.63) is 113 Å². The number of nitrogens with one attached hydrogen (secondary N) is 1. The van der Waals surface area contributed by atoms with Gasteiger partial charge in [-0.15, -0.1) is 0 Å². The van der Waals surface area contributed by atoms with Crippen LogP contribution in [0.4, 0.5) is 0 Å². The van der Waals surface area contributed by atoms with E-state index >= 15 is 0 Å². The van der Waals surface area contributed by atoms with Crippen LogP contribution in [0.15, 0.2) is 95.8 Å². The summed E-state index contributed by atoms with van der Waals surface area (Å²) in [7, 11) is 0.341. The number of rotatable bonds is 8. The standard InChI is InChI=1S/C27H25N2O4P/c1-29-27(32)26(23(28-29)18-25(31)33-2)24(30)19-34(20-12-6-3-7-13-20,21-14-8-4-9-15-21)22-16-10-5-11-17-22/h3-17H,18-19H2,1-2H3/p+1. The van der Waals surface area contributed by atoms with E-state index in [0.717, 1.165) is 15.9 Å². The van der Waals surface area contributed by atoms with Gasteiger partial charge in [-0.05, 0) is 36.4 Å². The minimum Gasteiger partial charge on any atom is -0.469 e. The van der Waals surface area contributed by atoms with Gasteiger partial charge in [-0.2, -0.15) is 0 Å². The Hall–Kier alpha value is -3.76. The van der Waals surface area contributed by atoms with Crippen LogP contribution in [-0.4, -0.2) is 34.8 Å². The van der Waals surface area contributed by atoms with E-state index in [2.05, 4.69) is 5.10 Å².